The van der Waals surface area contributed by atoms with Gasteiger partial charge in [0.25, 0.3) is 0 Å². The standard InChI is InChI=1S/C16H15ClF2N2O2/c17-12-3-1-11(2-4-12)9-21-15(22)10-20-13-5-7-14(8-6-13)23-16(18)19/h1-8,16,20H,9-10H2,(H,21,22). The molecular weight excluding hydrogens is 326 g/mol. The van der Waals surface area contributed by atoms with Crippen LogP contribution in [0.1, 0.15) is 5.56 Å². The molecule has 0 radical (unpaired) electrons. The van der Waals surface area contributed by atoms with Crippen molar-refractivity contribution in [3.8, 4) is 5.75 Å². The number of carbonyl (C=O) groups is 1. The number of carbonyl (C=O) groups excluding carboxylic acids is 1. The maximum absolute atomic E-state index is 12.0. The van der Waals surface area contributed by atoms with E-state index >= 15 is 0 Å². The van der Waals surface area contributed by atoms with Crippen molar-refractivity contribution in [2.24, 2.45) is 0 Å². The van der Waals surface area contributed by atoms with E-state index in [1.54, 1.807) is 24.3 Å². The van der Waals surface area contributed by atoms with Crippen molar-refractivity contribution in [1.82, 2.24) is 5.32 Å². The first-order chi connectivity index (χ1) is 11.0. The number of ether oxygens (including phenoxy) is 1. The largest absolute Gasteiger partial charge is 0.435 e. The van der Waals surface area contributed by atoms with Gasteiger partial charge in [0, 0.05) is 17.3 Å². The minimum atomic E-state index is -2.85. The molecule has 0 heterocycles. The molecule has 4 nitrogen and oxygen atoms in total. The van der Waals surface area contributed by atoms with E-state index in [9.17, 15) is 13.6 Å². The molecule has 122 valence electrons. The number of hydrogen-bond donors (Lipinski definition) is 2. The zero-order chi connectivity index (χ0) is 16.7. The van der Waals surface area contributed by atoms with Gasteiger partial charge in [-0.15, -0.1) is 0 Å². The van der Waals surface area contributed by atoms with Crippen molar-refractivity contribution in [2.75, 3.05) is 11.9 Å². The first-order valence-electron chi connectivity index (χ1n) is 6.83. The lowest BCUT2D eigenvalue weighted by atomic mass is 10.2. The number of rotatable bonds is 7. The van der Waals surface area contributed by atoms with E-state index in [1.165, 1.54) is 12.1 Å². The van der Waals surface area contributed by atoms with E-state index in [-0.39, 0.29) is 18.2 Å². The highest BCUT2D eigenvalue weighted by Gasteiger charge is 2.05. The van der Waals surface area contributed by atoms with Gasteiger partial charge >= 0.3 is 6.61 Å². The molecule has 0 atom stereocenters. The van der Waals surface area contributed by atoms with Crippen LogP contribution in [0.3, 0.4) is 0 Å². The third-order valence-electron chi connectivity index (χ3n) is 2.94. The Labute approximate surface area is 137 Å². The second-order valence-corrected chi connectivity index (χ2v) is 5.10. The summed E-state index contributed by atoms with van der Waals surface area (Å²) in [5.74, 6) is -0.120. The maximum Gasteiger partial charge on any atom is 0.387 e. The quantitative estimate of drug-likeness (QED) is 0.808. The number of halogens is 3. The first-order valence-corrected chi connectivity index (χ1v) is 7.20. The second-order valence-electron chi connectivity index (χ2n) is 4.66. The lowest BCUT2D eigenvalue weighted by Crippen LogP contribution is -2.29. The van der Waals surface area contributed by atoms with Gasteiger partial charge in [0.15, 0.2) is 0 Å². The minimum absolute atomic E-state index is 0.0674. The topological polar surface area (TPSA) is 50.4 Å². The Morgan fingerprint density at radius 2 is 1.74 bits per heavy atom. The Hall–Kier alpha value is -2.34. The summed E-state index contributed by atoms with van der Waals surface area (Å²) in [6.07, 6.45) is 0. The van der Waals surface area contributed by atoms with Crippen LogP contribution in [0.4, 0.5) is 14.5 Å². The average molecular weight is 341 g/mol. The highest BCUT2D eigenvalue weighted by molar-refractivity contribution is 6.30. The van der Waals surface area contributed by atoms with Gasteiger partial charge in [-0.05, 0) is 42.0 Å². The summed E-state index contributed by atoms with van der Waals surface area (Å²) >= 11 is 5.78. The zero-order valence-corrected chi connectivity index (χ0v) is 12.8. The Morgan fingerprint density at radius 3 is 2.35 bits per heavy atom. The van der Waals surface area contributed by atoms with E-state index in [0.717, 1.165) is 5.56 Å². The van der Waals surface area contributed by atoms with E-state index < -0.39 is 6.61 Å². The SMILES string of the molecule is O=C(CNc1ccc(OC(F)F)cc1)NCc1ccc(Cl)cc1. The molecule has 0 saturated heterocycles. The van der Waals surface area contributed by atoms with Gasteiger partial charge in [-0.1, -0.05) is 23.7 Å². The van der Waals surface area contributed by atoms with Crippen LogP contribution in [0.25, 0.3) is 0 Å². The van der Waals surface area contributed by atoms with Crippen LogP contribution in [0, 0.1) is 0 Å². The lowest BCUT2D eigenvalue weighted by Gasteiger charge is -2.09. The van der Waals surface area contributed by atoms with Crippen LogP contribution in [-0.4, -0.2) is 19.1 Å². The Kier molecular flexibility index (Phi) is 6.17. The monoisotopic (exact) mass is 340 g/mol. The summed E-state index contributed by atoms with van der Waals surface area (Å²) in [6.45, 7) is -2.38. The molecule has 2 rings (SSSR count). The summed E-state index contributed by atoms with van der Waals surface area (Å²) in [5, 5.41) is 6.29. The van der Waals surface area contributed by atoms with Gasteiger partial charge < -0.3 is 15.4 Å². The van der Waals surface area contributed by atoms with Crippen LogP contribution in [0.5, 0.6) is 5.75 Å². The third kappa shape index (κ3) is 6.12. The van der Waals surface area contributed by atoms with Crippen molar-refractivity contribution in [3.05, 3.63) is 59.1 Å². The van der Waals surface area contributed by atoms with E-state index in [0.29, 0.717) is 17.3 Å². The van der Waals surface area contributed by atoms with Crippen molar-refractivity contribution in [1.29, 1.82) is 0 Å². The van der Waals surface area contributed by atoms with Crippen LogP contribution in [0.15, 0.2) is 48.5 Å². The molecule has 0 unspecified atom stereocenters. The van der Waals surface area contributed by atoms with Gasteiger partial charge in [0.1, 0.15) is 5.75 Å². The van der Waals surface area contributed by atoms with Gasteiger partial charge in [-0.2, -0.15) is 8.78 Å². The molecule has 0 aliphatic heterocycles. The number of alkyl halides is 2. The van der Waals surface area contributed by atoms with E-state index in [1.807, 2.05) is 12.1 Å². The molecule has 0 fully saturated rings. The molecule has 0 bridgehead atoms. The minimum Gasteiger partial charge on any atom is -0.435 e. The number of amides is 1. The molecule has 7 heteroatoms. The summed E-state index contributed by atoms with van der Waals surface area (Å²) < 4.78 is 28.3. The van der Waals surface area contributed by atoms with Crippen molar-refractivity contribution in [2.45, 2.75) is 13.2 Å². The van der Waals surface area contributed by atoms with Crippen molar-refractivity contribution < 1.29 is 18.3 Å². The smallest absolute Gasteiger partial charge is 0.387 e. The summed E-state index contributed by atoms with van der Waals surface area (Å²) in [5.41, 5.74) is 1.57. The van der Waals surface area contributed by atoms with Crippen LogP contribution in [0.2, 0.25) is 5.02 Å². The Bertz CT molecular complexity index is 634. The predicted molar refractivity (Wildman–Crippen MR) is 84.9 cm³/mol. The molecule has 0 saturated carbocycles. The molecule has 2 N–H and O–H groups in total. The number of anilines is 1. The maximum atomic E-state index is 12.0. The highest BCUT2D eigenvalue weighted by atomic mass is 35.5. The molecule has 0 spiro atoms. The second kappa shape index (κ2) is 8.33. The zero-order valence-electron chi connectivity index (χ0n) is 12.1. The van der Waals surface area contributed by atoms with Crippen LogP contribution in [-0.2, 0) is 11.3 Å². The fourth-order valence-electron chi connectivity index (χ4n) is 1.80. The van der Waals surface area contributed by atoms with Gasteiger partial charge in [-0.25, -0.2) is 0 Å². The van der Waals surface area contributed by atoms with E-state index in [4.69, 9.17) is 11.6 Å². The summed E-state index contributed by atoms with van der Waals surface area (Å²) in [6, 6.07) is 13.1. The number of nitrogens with one attached hydrogen (secondary N) is 2. The molecule has 23 heavy (non-hydrogen) atoms. The third-order valence-corrected chi connectivity index (χ3v) is 3.19. The Morgan fingerprint density at radius 1 is 1.09 bits per heavy atom. The molecule has 1 amide bonds. The molecule has 0 aliphatic carbocycles. The normalized spacial score (nSPS) is 10.4. The molecule has 2 aromatic rings. The average Bonchev–Trinajstić information content (AvgIpc) is 2.53. The van der Waals surface area contributed by atoms with Crippen LogP contribution >= 0.6 is 11.6 Å². The van der Waals surface area contributed by atoms with E-state index in [2.05, 4.69) is 15.4 Å². The lowest BCUT2D eigenvalue weighted by molar-refractivity contribution is -0.119. The predicted octanol–water partition coefficient (Wildman–Crippen LogP) is 3.67. The van der Waals surface area contributed by atoms with Crippen molar-refractivity contribution in [3.63, 3.8) is 0 Å². The van der Waals surface area contributed by atoms with Crippen molar-refractivity contribution >= 4 is 23.2 Å². The van der Waals surface area contributed by atoms with Gasteiger partial charge in [0.05, 0.1) is 6.54 Å². The first kappa shape index (κ1) is 17.0. The molecule has 2 aromatic carbocycles. The van der Waals surface area contributed by atoms with Crippen LogP contribution < -0.4 is 15.4 Å². The fraction of sp³-hybridized carbons (Fsp3) is 0.188. The van der Waals surface area contributed by atoms with Gasteiger partial charge in [-0.3, -0.25) is 4.79 Å². The molecule has 0 aliphatic rings. The molecular formula is C16H15ClF2N2O2. The highest BCUT2D eigenvalue weighted by Crippen LogP contribution is 2.17. The fourth-order valence-corrected chi connectivity index (χ4v) is 1.93. The summed E-state index contributed by atoms with van der Waals surface area (Å²) in [7, 11) is 0. The summed E-state index contributed by atoms with van der Waals surface area (Å²) in [4.78, 5) is 11.7. The number of hydrogen-bond acceptors (Lipinski definition) is 3. The Balaban J connectivity index is 1.74. The number of benzene rings is 2. The van der Waals surface area contributed by atoms with Gasteiger partial charge in [0.2, 0.25) is 5.91 Å². The molecule has 0 aromatic heterocycles.